The normalized spacial score (nSPS) is 19.2. The van der Waals surface area contributed by atoms with E-state index in [1.165, 1.54) is 11.3 Å². The summed E-state index contributed by atoms with van der Waals surface area (Å²) in [4.78, 5) is 37.9. The molecule has 2 aromatic rings. The lowest BCUT2D eigenvalue weighted by molar-refractivity contribution is 0.0266. The minimum atomic E-state index is -0.464. The second kappa shape index (κ2) is 7.23. The van der Waals surface area contributed by atoms with Crippen molar-refractivity contribution in [1.82, 2.24) is 14.9 Å². The lowest BCUT2D eigenvalue weighted by Gasteiger charge is -2.39. The van der Waals surface area contributed by atoms with E-state index in [0.717, 1.165) is 66.4 Å². The Bertz CT molecular complexity index is 941. The molecule has 2 fully saturated rings. The van der Waals surface area contributed by atoms with Crippen LogP contribution in [0.5, 0.6) is 0 Å². The van der Waals surface area contributed by atoms with E-state index in [9.17, 15) is 9.59 Å². The highest BCUT2D eigenvalue weighted by Crippen LogP contribution is 2.42. The number of carbonyl (C=O) groups is 2. The Balaban J connectivity index is 1.45. The number of aromatic nitrogens is 2. The topological polar surface area (TPSA) is 75.6 Å². The van der Waals surface area contributed by atoms with E-state index < -0.39 is 5.60 Å². The third-order valence-electron chi connectivity index (χ3n) is 5.85. The van der Waals surface area contributed by atoms with Crippen molar-refractivity contribution < 1.29 is 14.3 Å². The summed E-state index contributed by atoms with van der Waals surface area (Å²) in [7, 11) is 0. The van der Waals surface area contributed by atoms with Crippen LogP contribution in [0, 0.1) is 5.41 Å². The fraction of sp³-hybridized carbons (Fsp3) is 0.619. The van der Waals surface area contributed by atoms with E-state index in [1.54, 1.807) is 13.3 Å². The van der Waals surface area contributed by atoms with E-state index in [4.69, 9.17) is 4.74 Å². The van der Waals surface area contributed by atoms with Gasteiger partial charge in [-0.3, -0.25) is 4.79 Å². The third-order valence-corrected chi connectivity index (χ3v) is 7.07. The van der Waals surface area contributed by atoms with E-state index in [0.29, 0.717) is 0 Å². The average Bonchev–Trinajstić information content (AvgIpc) is 3.26. The van der Waals surface area contributed by atoms with E-state index in [-0.39, 0.29) is 17.3 Å². The van der Waals surface area contributed by atoms with Crippen LogP contribution < -0.4 is 4.90 Å². The van der Waals surface area contributed by atoms with Gasteiger partial charge in [-0.2, -0.15) is 0 Å². The standard InChI is InChI=1S/C21H28N4O3S/c1-14(26)16-11-15-17(29-16)18(23-13-22-15)24-8-5-21(6-9-24)7-10-25(12-21)19(27)28-20(2,3)4/h11,13H,5-10,12H2,1-4H3. The van der Waals surface area contributed by atoms with Gasteiger partial charge in [-0.1, -0.05) is 0 Å². The number of ketones is 1. The van der Waals surface area contributed by atoms with Crippen LogP contribution in [0.4, 0.5) is 10.6 Å². The van der Waals surface area contributed by atoms with Crippen LogP contribution in [-0.4, -0.2) is 58.5 Å². The smallest absolute Gasteiger partial charge is 0.410 e. The number of amides is 1. The maximum Gasteiger partial charge on any atom is 0.410 e. The molecule has 0 N–H and O–H groups in total. The molecule has 8 heteroatoms. The van der Waals surface area contributed by atoms with Crippen LogP contribution >= 0.6 is 11.3 Å². The van der Waals surface area contributed by atoms with E-state index >= 15 is 0 Å². The summed E-state index contributed by atoms with van der Waals surface area (Å²) in [6.07, 6.45) is 4.43. The van der Waals surface area contributed by atoms with Crippen molar-refractivity contribution in [3.05, 3.63) is 17.3 Å². The number of fused-ring (bicyclic) bond motifs is 1. The number of carbonyl (C=O) groups excluding carboxylic acids is 2. The van der Waals surface area contributed by atoms with E-state index in [2.05, 4.69) is 14.9 Å². The van der Waals surface area contributed by atoms with Crippen molar-refractivity contribution in [1.29, 1.82) is 0 Å². The molecular weight excluding hydrogens is 388 g/mol. The Morgan fingerprint density at radius 3 is 2.48 bits per heavy atom. The molecule has 2 saturated heterocycles. The summed E-state index contributed by atoms with van der Waals surface area (Å²) in [5, 5.41) is 0. The SMILES string of the molecule is CC(=O)c1cc2ncnc(N3CCC4(CCN(C(=O)OC(C)(C)C)C4)CC3)c2s1. The zero-order valence-corrected chi connectivity index (χ0v) is 18.3. The number of rotatable bonds is 2. The van der Waals surface area contributed by atoms with Gasteiger partial charge in [-0.25, -0.2) is 14.8 Å². The molecule has 1 spiro atoms. The first-order valence-corrected chi connectivity index (χ1v) is 11.0. The molecule has 2 aromatic heterocycles. The summed E-state index contributed by atoms with van der Waals surface area (Å²) in [5.74, 6) is 0.981. The van der Waals surface area contributed by atoms with Crippen LogP contribution in [0.1, 0.15) is 56.6 Å². The predicted molar refractivity (Wildman–Crippen MR) is 114 cm³/mol. The van der Waals surface area contributed by atoms with Gasteiger partial charge in [0.15, 0.2) is 5.78 Å². The van der Waals surface area contributed by atoms with Gasteiger partial charge in [0.2, 0.25) is 0 Å². The molecule has 0 atom stereocenters. The Kier molecular flexibility index (Phi) is 5.01. The molecule has 0 aromatic carbocycles. The Hall–Kier alpha value is -2.22. The van der Waals surface area contributed by atoms with Crippen molar-refractivity contribution in [2.24, 2.45) is 5.41 Å². The largest absolute Gasteiger partial charge is 0.444 e. The highest BCUT2D eigenvalue weighted by molar-refractivity contribution is 7.21. The van der Waals surface area contributed by atoms with Gasteiger partial charge < -0.3 is 14.5 Å². The molecule has 0 radical (unpaired) electrons. The van der Waals surface area contributed by atoms with Crippen LogP contribution in [-0.2, 0) is 4.74 Å². The zero-order chi connectivity index (χ0) is 20.8. The summed E-state index contributed by atoms with van der Waals surface area (Å²) in [5.41, 5.74) is 0.538. The molecular formula is C21H28N4O3S. The quantitative estimate of drug-likeness (QED) is 0.686. The first-order valence-electron chi connectivity index (χ1n) is 10.1. The van der Waals surface area contributed by atoms with Crippen molar-refractivity contribution in [2.45, 2.75) is 52.6 Å². The van der Waals surface area contributed by atoms with Crippen LogP contribution in [0.15, 0.2) is 12.4 Å². The Morgan fingerprint density at radius 1 is 1.14 bits per heavy atom. The molecule has 0 unspecified atom stereocenters. The van der Waals surface area contributed by atoms with Gasteiger partial charge in [-0.15, -0.1) is 11.3 Å². The molecule has 0 bridgehead atoms. The molecule has 2 aliphatic rings. The number of thiophene rings is 1. The minimum absolute atomic E-state index is 0.0599. The van der Waals surface area contributed by atoms with Crippen molar-refractivity contribution in [3.63, 3.8) is 0 Å². The first kappa shape index (κ1) is 20.1. The highest BCUT2D eigenvalue weighted by Gasteiger charge is 2.43. The van der Waals surface area contributed by atoms with Gasteiger partial charge in [0.05, 0.1) is 15.1 Å². The zero-order valence-electron chi connectivity index (χ0n) is 17.5. The highest BCUT2D eigenvalue weighted by atomic mass is 32.1. The molecule has 29 heavy (non-hydrogen) atoms. The average molecular weight is 417 g/mol. The van der Waals surface area contributed by atoms with Crippen molar-refractivity contribution in [3.8, 4) is 0 Å². The third kappa shape index (κ3) is 4.08. The summed E-state index contributed by atoms with van der Waals surface area (Å²) in [6.45, 7) is 10.6. The maximum atomic E-state index is 12.4. The van der Waals surface area contributed by atoms with Gasteiger partial charge >= 0.3 is 6.09 Å². The number of hydrogen-bond acceptors (Lipinski definition) is 7. The molecule has 0 aliphatic carbocycles. The van der Waals surface area contributed by atoms with Gasteiger partial charge in [0.25, 0.3) is 0 Å². The lowest BCUT2D eigenvalue weighted by Crippen LogP contribution is -2.43. The van der Waals surface area contributed by atoms with Gasteiger partial charge in [-0.05, 0) is 58.4 Å². The molecule has 4 rings (SSSR count). The number of hydrogen-bond donors (Lipinski definition) is 0. The summed E-state index contributed by atoms with van der Waals surface area (Å²) >= 11 is 1.47. The van der Waals surface area contributed by atoms with Crippen LogP contribution in [0.3, 0.4) is 0 Å². The Labute approximate surface area is 175 Å². The fourth-order valence-corrected chi connectivity index (χ4v) is 5.28. The monoisotopic (exact) mass is 416 g/mol. The molecule has 156 valence electrons. The molecule has 7 nitrogen and oxygen atoms in total. The van der Waals surface area contributed by atoms with Crippen molar-refractivity contribution >= 4 is 39.2 Å². The van der Waals surface area contributed by atoms with Gasteiger partial charge in [0.1, 0.15) is 17.7 Å². The molecule has 4 heterocycles. The molecule has 1 amide bonds. The molecule has 0 saturated carbocycles. The summed E-state index contributed by atoms with van der Waals surface area (Å²) in [6, 6.07) is 1.86. The number of nitrogens with zero attached hydrogens (tertiary/aromatic N) is 4. The van der Waals surface area contributed by atoms with Crippen LogP contribution in [0.2, 0.25) is 0 Å². The van der Waals surface area contributed by atoms with Crippen LogP contribution in [0.25, 0.3) is 10.2 Å². The number of anilines is 1. The number of likely N-dealkylation sites (tertiary alicyclic amines) is 1. The summed E-state index contributed by atoms with van der Waals surface area (Å²) < 4.78 is 6.53. The second-order valence-electron chi connectivity index (χ2n) is 9.22. The minimum Gasteiger partial charge on any atom is -0.444 e. The Morgan fingerprint density at radius 2 is 1.83 bits per heavy atom. The number of Topliss-reactive ketones (excluding diaryl/α,β-unsaturated/α-hetero) is 1. The number of ether oxygens (including phenoxy) is 1. The fourth-order valence-electron chi connectivity index (χ4n) is 4.26. The maximum absolute atomic E-state index is 12.4. The van der Waals surface area contributed by atoms with Gasteiger partial charge in [0, 0.05) is 26.2 Å². The lowest BCUT2D eigenvalue weighted by atomic mass is 9.78. The second-order valence-corrected chi connectivity index (χ2v) is 10.3. The first-order chi connectivity index (χ1) is 13.7. The molecule has 2 aliphatic heterocycles. The predicted octanol–water partition coefficient (Wildman–Crippen LogP) is 4.12. The van der Waals surface area contributed by atoms with E-state index in [1.807, 2.05) is 31.7 Å². The number of piperidine rings is 1. The van der Waals surface area contributed by atoms with Crippen molar-refractivity contribution in [2.75, 3.05) is 31.1 Å².